The third-order valence-electron chi connectivity index (χ3n) is 2.22. The van der Waals surface area contributed by atoms with E-state index >= 15 is 0 Å². The molecule has 0 radical (unpaired) electrons. The molecule has 3 nitrogen and oxygen atoms in total. The van der Waals surface area contributed by atoms with Crippen molar-refractivity contribution in [3.05, 3.63) is 36.2 Å². The van der Waals surface area contributed by atoms with Gasteiger partial charge in [-0.2, -0.15) is 0 Å². The summed E-state index contributed by atoms with van der Waals surface area (Å²) >= 11 is 0. The third kappa shape index (κ3) is 1.23. The first kappa shape index (κ1) is 8.69. The zero-order valence-corrected chi connectivity index (χ0v) is 7.95. The van der Waals surface area contributed by atoms with Gasteiger partial charge >= 0.3 is 0 Å². The fraction of sp³-hybridized carbons (Fsp3) is 0.0909. The Hall–Kier alpha value is -1.90. The number of nitrogens with two attached hydrogens (primary N) is 1. The van der Waals surface area contributed by atoms with Crippen LogP contribution in [0.2, 0.25) is 0 Å². The second-order valence-corrected chi connectivity index (χ2v) is 2.98. The van der Waals surface area contributed by atoms with Crippen LogP contribution in [0, 0.1) is 0 Å². The van der Waals surface area contributed by atoms with E-state index in [1.54, 1.807) is 7.11 Å². The largest absolute Gasteiger partial charge is 0.496 e. The molecule has 0 spiro atoms. The standard InChI is InChI=1S/C11H12N2O/c1-14-11-3-2-10-8(5-7-13-10)9(11)4-6-12/h2-7,13H,12H2,1H3/b6-4+. The Balaban J connectivity index is 2.75. The lowest BCUT2D eigenvalue weighted by molar-refractivity contribution is 0.414. The molecule has 0 aliphatic carbocycles. The first-order valence-electron chi connectivity index (χ1n) is 4.39. The fourth-order valence-electron chi connectivity index (χ4n) is 1.58. The molecule has 0 aliphatic heterocycles. The average Bonchev–Trinajstić information content (AvgIpc) is 2.67. The van der Waals surface area contributed by atoms with Crippen LogP contribution in [0.4, 0.5) is 0 Å². The Labute approximate surface area is 82.2 Å². The molecule has 3 heteroatoms. The first-order chi connectivity index (χ1) is 6.86. The minimum Gasteiger partial charge on any atom is -0.496 e. The molecular weight excluding hydrogens is 176 g/mol. The van der Waals surface area contributed by atoms with Gasteiger partial charge in [0.1, 0.15) is 5.75 Å². The highest BCUT2D eigenvalue weighted by atomic mass is 16.5. The van der Waals surface area contributed by atoms with Gasteiger partial charge in [-0.15, -0.1) is 0 Å². The Morgan fingerprint density at radius 1 is 1.36 bits per heavy atom. The van der Waals surface area contributed by atoms with Gasteiger partial charge in [0.15, 0.2) is 0 Å². The van der Waals surface area contributed by atoms with Gasteiger partial charge in [-0.25, -0.2) is 0 Å². The second-order valence-electron chi connectivity index (χ2n) is 2.98. The molecule has 1 heterocycles. The Morgan fingerprint density at radius 2 is 2.21 bits per heavy atom. The normalized spacial score (nSPS) is 11.2. The maximum atomic E-state index is 5.40. The molecule has 0 unspecified atom stereocenters. The van der Waals surface area contributed by atoms with Crippen LogP contribution in [-0.2, 0) is 0 Å². The maximum Gasteiger partial charge on any atom is 0.126 e. The van der Waals surface area contributed by atoms with Crippen LogP contribution in [0.25, 0.3) is 17.0 Å². The van der Waals surface area contributed by atoms with E-state index in [2.05, 4.69) is 4.98 Å². The molecule has 0 amide bonds. The van der Waals surface area contributed by atoms with Crippen molar-refractivity contribution in [1.29, 1.82) is 0 Å². The smallest absolute Gasteiger partial charge is 0.126 e. The van der Waals surface area contributed by atoms with E-state index in [1.165, 1.54) is 6.20 Å². The van der Waals surface area contributed by atoms with Crippen LogP contribution in [0.1, 0.15) is 5.56 Å². The molecule has 2 aromatic rings. The summed E-state index contributed by atoms with van der Waals surface area (Å²) in [5.74, 6) is 0.832. The van der Waals surface area contributed by atoms with Crippen molar-refractivity contribution in [2.75, 3.05) is 7.11 Å². The summed E-state index contributed by atoms with van der Waals surface area (Å²) in [5, 5.41) is 1.12. The SMILES string of the molecule is COc1ccc2[nH]ccc2c1/C=C/N. The fourth-order valence-corrected chi connectivity index (χ4v) is 1.58. The maximum absolute atomic E-state index is 5.40. The van der Waals surface area contributed by atoms with E-state index in [-0.39, 0.29) is 0 Å². The van der Waals surface area contributed by atoms with E-state index in [9.17, 15) is 0 Å². The summed E-state index contributed by atoms with van der Waals surface area (Å²) in [5.41, 5.74) is 7.49. The molecule has 72 valence electrons. The highest BCUT2D eigenvalue weighted by Crippen LogP contribution is 2.28. The number of nitrogens with one attached hydrogen (secondary N) is 1. The average molecular weight is 188 g/mol. The van der Waals surface area contributed by atoms with Crippen LogP contribution in [0.5, 0.6) is 5.75 Å². The van der Waals surface area contributed by atoms with Crippen molar-refractivity contribution in [1.82, 2.24) is 4.98 Å². The molecule has 14 heavy (non-hydrogen) atoms. The quantitative estimate of drug-likeness (QED) is 0.758. The van der Waals surface area contributed by atoms with E-state index in [1.807, 2.05) is 30.5 Å². The van der Waals surface area contributed by atoms with Gasteiger partial charge in [0, 0.05) is 22.7 Å². The topological polar surface area (TPSA) is 51.0 Å². The molecule has 0 bridgehead atoms. The molecule has 0 atom stereocenters. The summed E-state index contributed by atoms with van der Waals surface area (Å²) in [6, 6.07) is 5.92. The van der Waals surface area contributed by atoms with E-state index < -0.39 is 0 Å². The van der Waals surface area contributed by atoms with Crippen LogP contribution < -0.4 is 10.5 Å². The Morgan fingerprint density at radius 3 is 2.93 bits per heavy atom. The molecule has 0 saturated carbocycles. The number of H-pyrrole nitrogens is 1. The number of ether oxygens (including phenoxy) is 1. The molecule has 0 saturated heterocycles. The molecule has 0 aliphatic rings. The predicted molar refractivity (Wildman–Crippen MR) is 58.1 cm³/mol. The molecule has 2 rings (SSSR count). The lowest BCUT2D eigenvalue weighted by Crippen LogP contribution is -1.88. The summed E-state index contributed by atoms with van der Waals surface area (Å²) in [7, 11) is 1.65. The molecule has 1 aromatic carbocycles. The van der Waals surface area contributed by atoms with Gasteiger partial charge < -0.3 is 15.5 Å². The van der Waals surface area contributed by atoms with Gasteiger partial charge in [0.2, 0.25) is 0 Å². The third-order valence-corrected chi connectivity index (χ3v) is 2.22. The van der Waals surface area contributed by atoms with Crippen molar-refractivity contribution >= 4 is 17.0 Å². The molecule has 0 fully saturated rings. The van der Waals surface area contributed by atoms with Crippen LogP contribution in [-0.4, -0.2) is 12.1 Å². The number of hydrogen-bond acceptors (Lipinski definition) is 2. The zero-order valence-electron chi connectivity index (χ0n) is 7.95. The zero-order chi connectivity index (χ0) is 9.97. The van der Waals surface area contributed by atoms with Crippen molar-refractivity contribution in [3.63, 3.8) is 0 Å². The number of hydrogen-bond donors (Lipinski definition) is 2. The van der Waals surface area contributed by atoms with Crippen molar-refractivity contribution in [3.8, 4) is 5.75 Å². The Bertz CT molecular complexity index is 471. The highest BCUT2D eigenvalue weighted by molar-refractivity contribution is 5.91. The summed E-state index contributed by atoms with van der Waals surface area (Å²) < 4.78 is 5.25. The summed E-state index contributed by atoms with van der Waals surface area (Å²) in [4.78, 5) is 3.14. The minimum atomic E-state index is 0.832. The Kier molecular flexibility index (Phi) is 2.14. The van der Waals surface area contributed by atoms with Crippen molar-refractivity contribution < 1.29 is 4.74 Å². The second kappa shape index (κ2) is 3.46. The number of methoxy groups -OCH3 is 1. The lowest BCUT2D eigenvalue weighted by Gasteiger charge is -2.05. The number of benzene rings is 1. The van der Waals surface area contributed by atoms with Gasteiger partial charge in [-0.1, -0.05) is 0 Å². The van der Waals surface area contributed by atoms with Crippen LogP contribution in [0.3, 0.4) is 0 Å². The number of rotatable bonds is 2. The summed E-state index contributed by atoms with van der Waals surface area (Å²) in [6.45, 7) is 0. The van der Waals surface area contributed by atoms with Gasteiger partial charge in [-0.05, 0) is 30.5 Å². The monoisotopic (exact) mass is 188 g/mol. The number of fused-ring (bicyclic) bond motifs is 1. The minimum absolute atomic E-state index is 0.832. The first-order valence-corrected chi connectivity index (χ1v) is 4.39. The van der Waals surface area contributed by atoms with Crippen LogP contribution in [0.15, 0.2) is 30.6 Å². The van der Waals surface area contributed by atoms with Gasteiger partial charge in [0.05, 0.1) is 7.11 Å². The molecular formula is C11H12N2O. The molecule has 3 N–H and O–H groups in total. The van der Waals surface area contributed by atoms with Gasteiger partial charge in [-0.3, -0.25) is 0 Å². The molecule has 1 aromatic heterocycles. The lowest BCUT2D eigenvalue weighted by atomic mass is 10.1. The highest BCUT2D eigenvalue weighted by Gasteiger charge is 2.05. The van der Waals surface area contributed by atoms with E-state index in [0.717, 1.165) is 22.2 Å². The van der Waals surface area contributed by atoms with Crippen LogP contribution >= 0.6 is 0 Å². The summed E-state index contributed by atoms with van der Waals surface area (Å²) in [6.07, 6.45) is 5.26. The van der Waals surface area contributed by atoms with Crippen molar-refractivity contribution in [2.45, 2.75) is 0 Å². The van der Waals surface area contributed by atoms with Crippen molar-refractivity contribution in [2.24, 2.45) is 5.73 Å². The van der Waals surface area contributed by atoms with E-state index in [0.29, 0.717) is 0 Å². The predicted octanol–water partition coefficient (Wildman–Crippen LogP) is 2.11. The van der Waals surface area contributed by atoms with Gasteiger partial charge in [0.25, 0.3) is 0 Å². The number of aromatic nitrogens is 1. The number of aromatic amines is 1. The van der Waals surface area contributed by atoms with E-state index in [4.69, 9.17) is 10.5 Å².